The molecule has 0 atom stereocenters. The fourth-order valence-corrected chi connectivity index (χ4v) is 3.29. The Bertz CT molecular complexity index is 480. The highest BCUT2D eigenvalue weighted by molar-refractivity contribution is 8.00. The van der Waals surface area contributed by atoms with Crippen LogP contribution in [0, 0.1) is 0 Å². The highest BCUT2D eigenvalue weighted by atomic mass is 32.2. The van der Waals surface area contributed by atoms with Crippen LogP contribution in [0.3, 0.4) is 0 Å². The van der Waals surface area contributed by atoms with E-state index in [0.717, 1.165) is 25.4 Å². The van der Waals surface area contributed by atoms with Crippen LogP contribution >= 0.6 is 11.8 Å². The van der Waals surface area contributed by atoms with Crippen molar-refractivity contribution in [3.05, 3.63) is 0 Å². The topological polar surface area (TPSA) is 63.2 Å². The number of thioether (sulfide) groups is 1. The van der Waals surface area contributed by atoms with Gasteiger partial charge in [0.05, 0.1) is 6.10 Å². The maximum Gasteiger partial charge on any atom is 0.323 e. The average molecular weight is 311 g/mol. The summed E-state index contributed by atoms with van der Waals surface area (Å²) in [5, 5.41) is 3.15. The first-order valence-electron chi connectivity index (χ1n) is 7.45. The van der Waals surface area contributed by atoms with Crippen molar-refractivity contribution < 1.29 is 4.74 Å². The monoisotopic (exact) mass is 311 g/mol. The van der Waals surface area contributed by atoms with E-state index in [4.69, 9.17) is 4.74 Å². The van der Waals surface area contributed by atoms with Crippen molar-refractivity contribution in [2.75, 3.05) is 35.6 Å². The van der Waals surface area contributed by atoms with Gasteiger partial charge in [0.15, 0.2) is 0 Å². The first-order chi connectivity index (χ1) is 9.89. The van der Waals surface area contributed by atoms with Gasteiger partial charge in [0.2, 0.25) is 11.9 Å². The number of hydrogen-bond donors (Lipinski definition) is 1. The van der Waals surface area contributed by atoms with Crippen LogP contribution in [0.25, 0.3) is 0 Å². The van der Waals surface area contributed by atoms with Crippen LogP contribution in [0.1, 0.15) is 34.6 Å². The Hall–Kier alpha value is -1.24. The van der Waals surface area contributed by atoms with E-state index in [1.165, 1.54) is 0 Å². The zero-order valence-electron chi connectivity index (χ0n) is 13.5. The second kappa shape index (κ2) is 6.68. The highest BCUT2D eigenvalue weighted by Crippen LogP contribution is 2.31. The predicted molar refractivity (Wildman–Crippen MR) is 88.5 cm³/mol. The molecule has 0 radical (unpaired) electrons. The van der Waals surface area contributed by atoms with E-state index in [-0.39, 0.29) is 10.9 Å². The number of nitrogens with one attached hydrogen (secondary N) is 1. The summed E-state index contributed by atoms with van der Waals surface area (Å²) in [4.78, 5) is 15.5. The second-order valence-corrected chi connectivity index (χ2v) is 7.77. The maximum absolute atomic E-state index is 5.65. The van der Waals surface area contributed by atoms with Crippen molar-refractivity contribution in [1.82, 2.24) is 15.0 Å². The molecule has 0 aliphatic carbocycles. The summed E-state index contributed by atoms with van der Waals surface area (Å²) in [5.41, 5.74) is 0. The molecule has 1 aromatic heterocycles. The average Bonchev–Trinajstić information content (AvgIpc) is 2.36. The smallest absolute Gasteiger partial charge is 0.323 e. The molecule has 1 fully saturated rings. The third kappa shape index (κ3) is 4.62. The van der Waals surface area contributed by atoms with Crippen molar-refractivity contribution in [2.24, 2.45) is 0 Å². The van der Waals surface area contributed by atoms with Gasteiger partial charge >= 0.3 is 6.01 Å². The summed E-state index contributed by atoms with van der Waals surface area (Å²) in [7, 11) is 0. The van der Waals surface area contributed by atoms with Gasteiger partial charge in [-0.15, -0.1) is 0 Å². The maximum atomic E-state index is 5.65. The van der Waals surface area contributed by atoms with E-state index in [0.29, 0.717) is 17.9 Å². The number of hydrogen-bond acceptors (Lipinski definition) is 7. The minimum atomic E-state index is 0.0445. The third-order valence-electron chi connectivity index (χ3n) is 2.99. The summed E-state index contributed by atoms with van der Waals surface area (Å²) >= 11 is 1.99. The van der Waals surface area contributed by atoms with Gasteiger partial charge in [-0.3, -0.25) is 0 Å². The lowest BCUT2D eigenvalue weighted by atomic mass is 10.2. The Morgan fingerprint density at radius 1 is 1.33 bits per heavy atom. The lowest BCUT2D eigenvalue weighted by molar-refractivity contribution is 0.222. The number of ether oxygens (including phenoxy) is 1. The standard InChI is InChI=1S/C14H25N5OS/c1-6-15-11-16-12(18-13(17-11)20-10(2)3)19-7-8-21-14(4,5)9-19/h10H,6-9H2,1-5H3,(H,15,16,17,18). The van der Waals surface area contributed by atoms with Gasteiger partial charge in [0, 0.05) is 30.1 Å². The molecule has 0 spiro atoms. The zero-order chi connectivity index (χ0) is 15.5. The minimum absolute atomic E-state index is 0.0445. The van der Waals surface area contributed by atoms with Crippen molar-refractivity contribution in [3.8, 4) is 6.01 Å². The Morgan fingerprint density at radius 3 is 2.71 bits per heavy atom. The fourth-order valence-electron chi connectivity index (χ4n) is 2.18. The lowest BCUT2D eigenvalue weighted by Gasteiger charge is -2.37. The van der Waals surface area contributed by atoms with Gasteiger partial charge < -0.3 is 15.0 Å². The normalized spacial score (nSPS) is 17.9. The van der Waals surface area contributed by atoms with Gasteiger partial charge in [-0.25, -0.2) is 0 Å². The molecule has 7 heteroatoms. The van der Waals surface area contributed by atoms with Crippen molar-refractivity contribution >= 4 is 23.7 Å². The van der Waals surface area contributed by atoms with Crippen LogP contribution < -0.4 is 15.0 Å². The Morgan fingerprint density at radius 2 is 2.10 bits per heavy atom. The van der Waals surface area contributed by atoms with Gasteiger partial charge in [-0.05, 0) is 34.6 Å². The van der Waals surface area contributed by atoms with E-state index in [1.807, 2.05) is 32.5 Å². The molecule has 1 aromatic rings. The minimum Gasteiger partial charge on any atom is -0.461 e. The summed E-state index contributed by atoms with van der Waals surface area (Å²) in [6.07, 6.45) is 0.0445. The Kier molecular flexibility index (Phi) is 5.13. The molecule has 0 bridgehead atoms. The first-order valence-corrected chi connectivity index (χ1v) is 8.43. The van der Waals surface area contributed by atoms with E-state index in [9.17, 15) is 0 Å². The number of nitrogens with zero attached hydrogens (tertiary/aromatic N) is 4. The Labute approximate surface area is 131 Å². The molecule has 118 valence electrons. The fraction of sp³-hybridized carbons (Fsp3) is 0.786. The second-order valence-electron chi connectivity index (χ2n) is 5.97. The first kappa shape index (κ1) is 16.1. The summed E-state index contributed by atoms with van der Waals surface area (Å²) < 4.78 is 5.86. The van der Waals surface area contributed by atoms with E-state index >= 15 is 0 Å². The van der Waals surface area contributed by atoms with Crippen molar-refractivity contribution in [2.45, 2.75) is 45.5 Å². The molecular formula is C14H25N5OS. The third-order valence-corrected chi connectivity index (χ3v) is 4.28. The van der Waals surface area contributed by atoms with Gasteiger partial charge in [0.1, 0.15) is 0 Å². The van der Waals surface area contributed by atoms with Crippen LogP contribution in [0.15, 0.2) is 0 Å². The van der Waals surface area contributed by atoms with E-state index < -0.39 is 0 Å². The quantitative estimate of drug-likeness (QED) is 0.896. The van der Waals surface area contributed by atoms with Crippen LogP contribution in [0.2, 0.25) is 0 Å². The number of anilines is 2. The molecule has 0 amide bonds. The molecular weight excluding hydrogens is 286 g/mol. The molecule has 0 unspecified atom stereocenters. The molecule has 1 saturated heterocycles. The van der Waals surface area contributed by atoms with Crippen LogP contribution in [0.5, 0.6) is 6.01 Å². The summed E-state index contributed by atoms with van der Waals surface area (Å²) in [6.45, 7) is 13.1. The lowest BCUT2D eigenvalue weighted by Crippen LogP contribution is -2.44. The molecule has 0 saturated carbocycles. The predicted octanol–water partition coefficient (Wildman–Crippen LogP) is 2.42. The molecule has 2 rings (SSSR count). The molecule has 21 heavy (non-hydrogen) atoms. The molecule has 6 nitrogen and oxygen atoms in total. The SMILES string of the molecule is CCNc1nc(OC(C)C)nc(N2CCSC(C)(C)C2)n1. The largest absolute Gasteiger partial charge is 0.461 e. The van der Waals surface area contributed by atoms with Gasteiger partial charge in [-0.2, -0.15) is 26.7 Å². The van der Waals surface area contributed by atoms with Gasteiger partial charge in [0.25, 0.3) is 0 Å². The van der Waals surface area contributed by atoms with Crippen molar-refractivity contribution in [1.29, 1.82) is 0 Å². The molecule has 0 aromatic carbocycles. The summed E-state index contributed by atoms with van der Waals surface area (Å²) in [5.74, 6) is 2.36. The Balaban J connectivity index is 2.26. The van der Waals surface area contributed by atoms with Crippen molar-refractivity contribution in [3.63, 3.8) is 0 Å². The van der Waals surface area contributed by atoms with E-state index in [1.54, 1.807) is 0 Å². The molecule has 1 aliphatic heterocycles. The molecule has 1 aliphatic rings. The van der Waals surface area contributed by atoms with Crippen LogP contribution in [-0.2, 0) is 0 Å². The van der Waals surface area contributed by atoms with E-state index in [2.05, 4.69) is 39.0 Å². The van der Waals surface area contributed by atoms with Crippen LogP contribution in [-0.4, -0.2) is 51.2 Å². The number of rotatable bonds is 5. The van der Waals surface area contributed by atoms with Gasteiger partial charge in [-0.1, -0.05) is 0 Å². The summed E-state index contributed by atoms with van der Waals surface area (Å²) in [6, 6.07) is 0.391. The number of aromatic nitrogens is 3. The highest BCUT2D eigenvalue weighted by Gasteiger charge is 2.29. The van der Waals surface area contributed by atoms with Crippen LogP contribution in [0.4, 0.5) is 11.9 Å². The molecule has 2 heterocycles. The molecule has 1 N–H and O–H groups in total. The zero-order valence-corrected chi connectivity index (χ0v) is 14.3.